The summed E-state index contributed by atoms with van der Waals surface area (Å²) in [4.78, 5) is 1.91. The first kappa shape index (κ1) is 9.82. The molecule has 0 saturated heterocycles. The lowest BCUT2D eigenvalue weighted by molar-refractivity contribution is 0.325. The second kappa shape index (κ2) is 4.61. The van der Waals surface area contributed by atoms with E-state index in [9.17, 15) is 0 Å². The summed E-state index contributed by atoms with van der Waals surface area (Å²) in [6.07, 6.45) is 3.65. The van der Waals surface area contributed by atoms with Crippen molar-refractivity contribution in [2.45, 2.75) is 6.92 Å². The van der Waals surface area contributed by atoms with Gasteiger partial charge in [-0.1, -0.05) is 13.2 Å². The Hall–Kier alpha value is -1.18. The lowest BCUT2D eigenvalue weighted by Gasteiger charge is -2.05. The summed E-state index contributed by atoms with van der Waals surface area (Å²) in [5.74, 6) is 1.25. The number of rotatable bonds is 4. The number of allylic oxidation sites excluding steroid dienone is 2. The fourth-order valence-corrected chi connectivity index (χ4v) is 0.490. The SMILES string of the molecule is C=C(C)OC(=C)/C=C\N(C)C. The third-order valence-electron chi connectivity index (χ3n) is 0.864. The Balaban J connectivity index is 3.78. The molecule has 0 saturated carbocycles. The van der Waals surface area contributed by atoms with Gasteiger partial charge >= 0.3 is 0 Å². The summed E-state index contributed by atoms with van der Waals surface area (Å²) < 4.78 is 5.10. The Morgan fingerprint density at radius 1 is 1.36 bits per heavy atom. The molecule has 0 aromatic heterocycles. The first-order chi connectivity index (χ1) is 5.02. The van der Waals surface area contributed by atoms with Crippen LogP contribution in [-0.2, 0) is 4.74 Å². The molecule has 0 amide bonds. The Bertz CT molecular complexity index is 180. The van der Waals surface area contributed by atoms with Crippen molar-refractivity contribution < 1.29 is 4.74 Å². The van der Waals surface area contributed by atoms with Gasteiger partial charge < -0.3 is 9.64 Å². The average molecular weight is 153 g/mol. The lowest BCUT2D eigenvalue weighted by Crippen LogP contribution is -2.00. The van der Waals surface area contributed by atoms with E-state index < -0.39 is 0 Å². The Labute approximate surface area is 68.5 Å². The van der Waals surface area contributed by atoms with Crippen molar-refractivity contribution in [3.8, 4) is 0 Å². The number of hydrogen-bond donors (Lipinski definition) is 0. The molecule has 0 bridgehead atoms. The average Bonchev–Trinajstić information content (AvgIpc) is 1.82. The molecule has 0 aromatic rings. The van der Waals surface area contributed by atoms with Gasteiger partial charge in [0.2, 0.25) is 0 Å². The van der Waals surface area contributed by atoms with Gasteiger partial charge in [-0.2, -0.15) is 0 Å². The fourth-order valence-electron chi connectivity index (χ4n) is 0.490. The van der Waals surface area contributed by atoms with Crippen LogP contribution in [0, 0.1) is 0 Å². The van der Waals surface area contributed by atoms with Crippen LogP contribution in [0.3, 0.4) is 0 Å². The Morgan fingerprint density at radius 2 is 1.91 bits per heavy atom. The molecule has 62 valence electrons. The first-order valence-corrected chi connectivity index (χ1v) is 3.39. The molecule has 0 unspecified atom stereocenters. The van der Waals surface area contributed by atoms with Crippen LogP contribution >= 0.6 is 0 Å². The summed E-state index contributed by atoms with van der Waals surface area (Å²) in [6, 6.07) is 0. The highest BCUT2D eigenvalue weighted by atomic mass is 16.5. The lowest BCUT2D eigenvalue weighted by atomic mass is 10.5. The van der Waals surface area contributed by atoms with Crippen molar-refractivity contribution >= 4 is 0 Å². The second-order valence-electron chi connectivity index (χ2n) is 2.55. The normalized spacial score (nSPS) is 9.73. The molecule has 0 aliphatic heterocycles. The fraction of sp³-hybridized carbons (Fsp3) is 0.333. The maximum absolute atomic E-state index is 5.10. The molecule has 11 heavy (non-hydrogen) atoms. The minimum absolute atomic E-state index is 0.603. The van der Waals surface area contributed by atoms with E-state index in [0.29, 0.717) is 11.5 Å². The summed E-state index contributed by atoms with van der Waals surface area (Å²) in [6.45, 7) is 9.05. The summed E-state index contributed by atoms with van der Waals surface area (Å²) in [5.41, 5.74) is 0. The molecule has 0 aromatic carbocycles. The van der Waals surface area contributed by atoms with E-state index in [1.165, 1.54) is 0 Å². The van der Waals surface area contributed by atoms with Crippen molar-refractivity contribution in [2.24, 2.45) is 0 Å². The molecule has 0 radical (unpaired) electrons. The summed E-state index contributed by atoms with van der Waals surface area (Å²) in [7, 11) is 3.87. The van der Waals surface area contributed by atoms with E-state index >= 15 is 0 Å². The zero-order chi connectivity index (χ0) is 8.85. The quantitative estimate of drug-likeness (QED) is 0.453. The van der Waals surface area contributed by atoms with Crippen LogP contribution in [0.1, 0.15) is 6.92 Å². The summed E-state index contributed by atoms with van der Waals surface area (Å²) in [5, 5.41) is 0. The monoisotopic (exact) mass is 153 g/mol. The third kappa shape index (κ3) is 6.71. The topological polar surface area (TPSA) is 12.5 Å². The third-order valence-corrected chi connectivity index (χ3v) is 0.864. The van der Waals surface area contributed by atoms with Crippen LogP contribution in [0.2, 0.25) is 0 Å². The van der Waals surface area contributed by atoms with E-state index in [2.05, 4.69) is 13.2 Å². The number of nitrogens with zero attached hydrogens (tertiary/aromatic N) is 1. The maximum Gasteiger partial charge on any atom is 0.121 e. The molecular weight excluding hydrogens is 138 g/mol. The summed E-state index contributed by atoms with van der Waals surface area (Å²) >= 11 is 0. The molecule has 2 heteroatoms. The Kier molecular flexibility index (Phi) is 4.11. The minimum atomic E-state index is 0.603. The van der Waals surface area contributed by atoms with E-state index in [-0.39, 0.29) is 0 Å². The van der Waals surface area contributed by atoms with Crippen LogP contribution in [0.15, 0.2) is 37.0 Å². The van der Waals surface area contributed by atoms with Gasteiger partial charge in [0.05, 0.1) is 5.76 Å². The van der Waals surface area contributed by atoms with Gasteiger partial charge in [-0.05, 0) is 13.0 Å². The molecule has 0 aliphatic rings. The van der Waals surface area contributed by atoms with Crippen LogP contribution in [0.4, 0.5) is 0 Å². The van der Waals surface area contributed by atoms with Gasteiger partial charge in [0, 0.05) is 20.3 Å². The van der Waals surface area contributed by atoms with Crippen molar-refractivity contribution in [2.75, 3.05) is 14.1 Å². The van der Waals surface area contributed by atoms with Gasteiger partial charge in [0.25, 0.3) is 0 Å². The molecular formula is C9H15NO. The van der Waals surface area contributed by atoms with Crippen molar-refractivity contribution in [3.63, 3.8) is 0 Å². The van der Waals surface area contributed by atoms with Gasteiger partial charge in [-0.15, -0.1) is 0 Å². The number of hydrogen-bond acceptors (Lipinski definition) is 2. The molecule has 0 rings (SSSR count). The number of ether oxygens (including phenoxy) is 1. The van der Waals surface area contributed by atoms with Crippen LogP contribution in [0.25, 0.3) is 0 Å². The largest absolute Gasteiger partial charge is 0.463 e. The van der Waals surface area contributed by atoms with E-state index in [0.717, 1.165) is 0 Å². The molecule has 0 heterocycles. The van der Waals surface area contributed by atoms with Crippen molar-refractivity contribution in [1.29, 1.82) is 0 Å². The van der Waals surface area contributed by atoms with Crippen LogP contribution in [0.5, 0.6) is 0 Å². The van der Waals surface area contributed by atoms with Gasteiger partial charge in [-0.3, -0.25) is 0 Å². The highest BCUT2D eigenvalue weighted by Gasteiger charge is 1.87. The van der Waals surface area contributed by atoms with Crippen LogP contribution in [-0.4, -0.2) is 19.0 Å². The van der Waals surface area contributed by atoms with Crippen LogP contribution < -0.4 is 0 Å². The van der Waals surface area contributed by atoms with Gasteiger partial charge in [0.15, 0.2) is 0 Å². The van der Waals surface area contributed by atoms with Gasteiger partial charge in [-0.25, -0.2) is 0 Å². The van der Waals surface area contributed by atoms with Crippen molar-refractivity contribution in [3.05, 3.63) is 37.0 Å². The predicted molar refractivity (Wildman–Crippen MR) is 47.9 cm³/mol. The zero-order valence-corrected chi connectivity index (χ0v) is 7.42. The maximum atomic E-state index is 5.10. The molecule has 2 nitrogen and oxygen atoms in total. The second-order valence-corrected chi connectivity index (χ2v) is 2.55. The predicted octanol–water partition coefficient (Wildman–Crippen LogP) is 2.13. The van der Waals surface area contributed by atoms with E-state index in [1.807, 2.05) is 25.2 Å². The smallest absolute Gasteiger partial charge is 0.121 e. The van der Waals surface area contributed by atoms with Gasteiger partial charge in [0.1, 0.15) is 5.76 Å². The minimum Gasteiger partial charge on any atom is -0.463 e. The highest BCUT2D eigenvalue weighted by Crippen LogP contribution is 2.02. The molecule has 0 spiro atoms. The highest BCUT2D eigenvalue weighted by molar-refractivity contribution is 5.08. The molecule has 0 fully saturated rings. The van der Waals surface area contributed by atoms with E-state index in [4.69, 9.17) is 4.74 Å². The molecule has 0 N–H and O–H groups in total. The zero-order valence-electron chi connectivity index (χ0n) is 7.42. The Morgan fingerprint density at radius 3 is 2.27 bits per heavy atom. The molecule has 0 aliphatic carbocycles. The van der Waals surface area contributed by atoms with E-state index in [1.54, 1.807) is 13.0 Å². The standard InChI is InChI=1S/C9H15NO/c1-8(2)11-9(3)6-7-10(4)5/h6-7H,1,3H2,2,4-5H3/b7-6-. The first-order valence-electron chi connectivity index (χ1n) is 3.39. The van der Waals surface area contributed by atoms with Crippen molar-refractivity contribution in [1.82, 2.24) is 4.90 Å². The molecule has 0 atom stereocenters.